The van der Waals surface area contributed by atoms with E-state index < -0.39 is 0 Å². The molecule has 2 heterocycles. The molecular weight excluding hydrogens is 877 g/mol. The first-order valence-corrected chi connectivity index (χ1v) is 24.6. The molecule has 4 heteroatoms. The molecule has 0 radical (unpaired) electrons. The van der Waals surface area contributed by atoms with E-state index in [1.54, 1.807) is 0 Å². The molecule has 1 aliphatic rings. The largest absolute Gasteiger partial charge is 0.456 e. The van der Waals surface area contributed by atoms with E-state index in [-0.39, 0.29) is 0 Å². The summed E-state index contributed by atoms with van der Waals surface area (Å²) in [5.74, 6) is 1.71. The van der Waals surface area contributed by atoms with Crippen molar-refractivity contribution in [2.24, 2.45) is 0 Å². The Hall–Kier alpha value is -9.38. The van der Waals surface area contributed by atoms with Gasteiger partial charge in [0.15, 0.2) is 5.58 Å². The second-order valence-electron chi connectivity index (χ2n) is 19.0. The van der Waals surface area contributed by atoms with Crippen LogP contribution in [0.1, 0.15) is 11.1 Å². The summed E-state index contributed by atoms with van der Waals surface area (Å²) in [4.78, 5) is 4.65. The standard InChI is InChI=1S/C68H46N2O2/c1-43-29-35-52-56(46-30-32-49(33-31-46)69(47-19-8-4-9-20-47)63-27-16-25-55-53-24-13-15-28-64(53)72-68(55)63)41-59-58(57(52)37-43)42-61-54-36-34-50(40-65(54)71-66-39-44(2)38-60(59)67(61)66)70(48-21-10-5-11-22-48)62-26-14-12-23-51(62)45-17-6-3-7-18-45/h3-42H,1-2H3. The summed E-state index contributed by atoms with van der Waals surface area (Å²) in [6.07, 6.45) is 0. The van der Waals surface area contributed by atoms with Gasteiger partial charge in [0.1, 0.15) is 17.1 Å². The van der Waals surface area contributed by atoms with Crippen molar-refractivity contribution in [2.45, 2.75) is 13.8 Å². The summed E-state index contributed by atoms with van der Waals surface area (Å²) < 4.78 is 13.7. The molecule has 72 heavy (non-hydrogen) atoms. The summed E-state index contributed by atoms with van der Waals surface area (Å²) in [5.41, 5.74) is 17.3. The maximum absolute atomic E-state index is 7.09. The van der Waals surface area contributed by atoms with Crippen molar-refractivity contribution >= 4 is 88.4 Å². The van der Waals surface area contributed by atoms with Crippen molar-refractivity contribution in [1.29, 1.82) is 0 Å². The zero-order valence-electron chi connectivity index (χ0n) is 39.8. The molecule has 12 aromatic carbocycles. The van der Waals surface area contributed by atoms with E-state index >= 15 is 0 Å². The fraction of sp³-hybridized carbons (Fsp3) is 0.0294. The van der Waals surface area contributed by atoms with Gasteiger partial charge in [-0.1, -0.05) is 157 Å². The number of ether oxygens (including phenoxy) is 1. The van der Waals surface area contributed by atoms with E-state index in [0.29, 0.717) is 0 Å². The van der Waals surface area contributed by atoms with Crippen LogP contribution in [-0.2, 0) is 0 Å². The number of nitrogens with zero attached hydrogens (tertiary/aromatic N) is 2. The molecule has 14 rings (SSSR count). The molecule has 4 nitrogen and oxygen atoms in total. The van der Waals surface area contributed by atoms with E-state index in [1.807, 2.05) is 12.1 Å². The molecular formula is C68H46N2O2. The first-order chi connectivity index (χ1) is 35.5. The van der Waals surface area contributed by atoms with Crippen molar-refractivity contribution in [1.82, 2.24) is 0 Å². The highest BCUT2D eigenvalue weighted by Gasteiger charge is 2.27. The number of aryl methyl sites for hydroxylation is 2. The minimum atomic E-state index is 0.836. The van der Waals surface area contributed by atoms with Gasteiger partial charge in [-0.15, -0.1) is 0 Å². The van der Waals surface area contributed by atoms with Crippen LogP contribution < -0.4 is 14.5 Å². The van der Waals surface area contributed by atoms with Crippen LogP contribution in [0.3, 0.4) is 0 Å². The Morgan fingerprint density at radius 3 is 1.68 bits per heavy atom. The highest BCUT2D eigenvalue weighted by molar-refractivity contribution is 6.25. The number of anilines is 6. The molecule has 1 aromatic heterocycles. The normalized spacial score (nSPS) is 11.9. The monoisotopic (exact) mass is 922 g/mol. The lowest BCUT2D eigenvalue weighted by molar-refractivity contribution is 0.487. The van der Waals surface area contributed by atoms with Crippen molar-refractivity contribution in [3.8, 4) is 44.9 Å². The number of furan rings is 1. The quantitative estimate of drug-likeness (QED) is 0.142. The minimum Gasteiger partial charge on any atom is -0.456 e. The third-order valence-electron chi connectivity index (χ3n) is 14.5. The topological polar surface area (TPSA) is 28.9 Å². The molecule has 0 amide bonds. The fourth-order valence-electron chi connectivity index (χ4n) is 11.2. The third-order valence-corrected chi connectivity index (χ3v) is 14.5. The van der Waals surface area contributed by atoms with E-state index in [4.69, 9.17) is 9.15 Å². The summed E-state index contributed by atoms with van der Waals surface area (Å²) in [6, 6.07) is 87.2. The number of hydrogen-bond acceptors (Lipinski definition) is 4. The molecule has 0 bridgehead atoms. The van der Waals surface area contributed by atoms with Crippen LogP contribution in [-0.4, -0.2) is 0 Å². The molecule has 13 aromatic rings. The predicted octanol–water partition coefficient (Wildman–Crippen LogP) is 19.7. The van der Waals surface area contributed by atoms with Crippen molar-refractivity contribution in [3.63, 3.8) is 0 Å². The van der Waals surface area contributed by atoms with Crippen LogP contribution in [0.5, 0.6) is 11.5 Å². The van der Waals surface area contributed by atoms with Gasteiger partial charge in [-0.25, -0.2) is 0 Å². The summed E-state index contributed by atoms with van der Waals surface area (Å²) in [5, 5.41) is 9.40. The maximum atomic E-state index is 7.09. The highest BCUT2D eigenvalue weighted by atomic mass is 16.5. The van der Waals surface area contributed by atoms with E-state index in [1.165, 1.54) is 43.6 Å². The lowest BCUT2D eigenvalue weighted by Gasteiger charge is -2.30. The first kappa shape index (κ1) is 41.6. The molecule has 0 unspecified atom stereocenters. The number of hydrogen-bond donors (Lipinski definition) is 0. The zero-order valence-corrected chi connectivity index (χ0v) is 39.8. The van der Waals surface area contributed by atoms with Gasteiger partial charge in [0.05, 0.1) is 11.4 Å². The second-order valence-corrected chi connectivity index (χ2v) is 19.0. The molecule has 0 spiro atoms. The Balaban J connectivity index is 0.918. The van der Waals surface area contributed by atoms with E-state index in [2.05, 4.69) is 254 Å². The second kappa shape index (κ2) is 16.6. The number of benzene rings is 12. The Bertz CT molecular complexity index is 4260. The van der Waals surface area contributed by atoms with Crippen LogP contribution in [0.2, 0.25) is 0 Å². The average molecular weight is 923 g/mol. The summed E-state index contributed by atoms with van der Waals surface area (Å²) in [6.45, 7) is 4.37. The van der Waals surface area contributed by atoms with Gasteiger partial charge >= 0.3 is 0 Å². The Labute approximate surface area is 417 Å². The lowest BCUT2D eigenvalue weighted by Crippen LogP contribution is -2.11. The third kappa shape index (κ3) is 6.75. The molecule has 0 atom stereocenters. The van der Waals surface area contributed by atoms with Gasteiger partial charge < -0.3 is 19.0 Å². The van der Waals surface area contributed by atoms with Crippen LogP contribution >= 0.6 is 0 Å². The average Bonchev–Trinajstić information content (AvgIpc) is 3.81. The minimum absolute atomic E-state index is 0.836. The fourth-order valence-corrected chi connectivity index (χ4v) is 11.2. The number of fused-ring (bicyclic) bond motifs is 9. The lowest BCUT2D eigenvalue weighted by atomic mass is 9.85. The number of rotatable bonds is 8. The van der Waals surface area contributed by atoms with Gasteiger partial charge in [-0.3, -0.25) is 0 Å². The molecule has 0 fully saturated rings. The Kier molecular flexibility index (Phi) is 9.62. The highest BCUT2D eigenvalue weighted by Crippen LogP contribution is 2.53. The summed E-state index contributed by atoms with van der Waals surface area (Å²) >= 11 is 0. The Morgan fingerprint density at radius 2 is 0.889 bits per heavy atom. The predicted molar refractivity (Wildman–Crippen MR) is 301 cm³/mol. The molecule has 0 saturated carbocycles. The Morgan fingerprint density at radius 1 is 0.306 bits per heavy atom. The van der Waals surface area contributed by atoms with E-state index in [9.17, 15) is 0 Å². The van der Waals surface area contributed by atoms with Gasteiger partial charge in [-0.2, -0.15) is 0 Å². The van der Waals surface area contributed by atoms with Gasteiger partial charge in [-0.05, 0) is 154 Å². The van der Waals surface area contributed by atoms with Gasteiger partial charge in [0.2, 0.25) is 0 Å². The van der Waals surface area contributed by atoms with Gasteiger partial charge in [0, 0.05) is 56.1 Å². The van der Waals surface area contributed by atoms with Crippen molar-refractivity contribution in [3.05, 3.63) is 254 Å². The van der Waals surface area contributed by atoms with Crippen molar-refractivity contribution in [2.75, 3.05) is 9.80 Å². The summed E-state index contributed by atoms with van der Waals surface area (Å²) in [7, 11) is 0. The van der Waals surface area contributed by atoms with Crippen LogP contribution in [0, 0.1) is 13.8 Å². The SMILES string of the molecule is Cc1ccc2c(-c3ccc(N(c4ccccc4)c4cccc5c4oc4ccccc45)cc3)cc3c4cc(C)cc5c4c(cc3c2c1)-c1ccc(N(c2ccccc2)c2ccccc2-c2ccccc2)cc1O5. The van der Waals surface area contributed by atoms with Crippen LogP contribution in [0.4, 0.5) is 34.1 Å². The zero-order chi connectivity index (χ0) is 47.9. The maximum Gasteiger partial charge on any atom is 0.159 e. The van der Waals surface area contributed by atoms with Crippen LogP contribution in [0.15, 0.2) is 247 Å². The van der Waals surface area contributed by atoms with Crippen LogP contribution in [0.25, 0.3) is 87.6 Å². The van der Waals surface area contributed by atoms with E-state index in [0.717, 1.165) is 101 Å². The molecule has 0 saturated heterocycles. The first-order valence-electron chi connectivity index (χ1n) is 24.6. The van der Waals surface area contributed by atoms with Gasteiger partial charge in [0.25, 0.3) is 0 Å². The molecule has 0 N–H and O–H groups in total. The molecule has 0 aliphatic carbocycles. The molecule has 340 valence electrons. The number of para-hydroxylation sites is 5. The molecule has 1 aliphatic heterocycles. The smallest absolute Gasteiger partial charge is 0.159 e. The van der Waals surface area contributed by atoms with Crippen molar-refractivity contribution < 1.29 is 9.15 Å².